The van der Waals surface area contributed by atoms with Crippen molar-refractivity contribution >= 4 is 23.5 Å². The minimum atomic E-state index is -0.658. The number of hydrogen-bond acceptors (Lipinski definition) is 2. The average Bonchev–Trinajstić information content (AvgIpc) is 2.12. The molecule has 0 atom stereocenters. The lowest BCUT2D eigenvalue weighted by atomic mass is 10.1. The Morgan fingerprint density at radius 3 is 2.80 bits per heavy atom. The van der Waals surface area contributed by atoms with E-state index in [1.807, 2.05) is 0 Å². The normalized spacial score (nSPS) is 10.6. The lowest BCUT2D eigenvalue weighted by Crippen LogP contribution is -2.24. The zero-order chi connectivity index (χ0) is 11.4. The van der Waals surface area contributed by atoms with Crippen molar-refractivity contribution in [2.45, 2.75) is 6.92 Å². The molecule has 1 aromatic carbocycles. The van der Waals surface area contributed by atoms with E-state index in [1.54, 1.807) is 0 Å². The van der Waals surface area contributed by atoms with Crippen molar-refractivity contribution in [2.75, 3.05) is 0 Å². The van der Waals surface area contributed by atoms with Gasteiger partial charge in [-0.05, 0) is 30.8 Å². The van der Waals surface area contributed by atoms with Crippen molar-refractivity contribution in [1.82, 2.24) is 5.43 Å². The van der Waals surface area contributed by atoms with Crippen LogP contribution in [0, 0.1) is 18.6 Å². The Balaban J connectivity index is 2.94. The molecular weight excluding hydrogens is 220 g/mol. The fourth-order valence-corrected chi connectivity index (χ4v) is 1.02. The molecule has 6 heteroatoms. The standard InChI is InChI=1S/C9H9F2N3S/c1-5-6(4-13-14-9(12)15)2-7(10)3-8(5)11/h2-4H,1H3,(H3,12,14,15). The summed E-state index contributed by atoms with van der Waals surface area (Å²) < 4.78 is 25.9. The highest BCUT2D eigenvalue weighted by Crippen LogP contribution is 2.12. The molecule has 15 heavy (non-hydrogen) atoms. The summed E-state index contributed by atoms with van der Waals surface area (Å²) in [5, 5.41) is 3.60. The van der Waals surface area contributed by atoms with Crippen LogP contribution in [0.5, 0.6) is 0 Å². The van der Waals surface area contributed by atoms with Crippen LogP contribution in [0.1, 0.15) is 11.1 Å². The molecule has 0 aromatic heterocycles. The second-order valence-corrected chi connectivity index (χ2v) is 3.28. The van der Waals surface area contributed by atoms with Gasteiger partial charge in [0.05, 0.1) is 6.21 Å². The van der Waals surface area contributed by atoms with Gasteiger partial charge in [-0.15, -0.1) is 0 Å². The quantitative estimate of drug-likeness (QED) is 0.458. The molecule has 0 bridgehead atoms. The van der Waals surface area contributed by atoms with Gasteiger partial charge in [0.15, 0.2) is 5.11 Å². The van der Waals surface area contributed by atoms with Gasteiger partial charge in [0.2, 0.25) is 0 Å². The number of hydrazone groups is 1. The molecule has 0 radical (unpaired) electrons. The molecule has 1 aromatic rings. The van der Waals surface area contributed by atoms with Crippen LogP contribution in [0.3, 0.4) is 0 Å². The lowest BCUT2D eigenvalue weighted by molar-refractivity contribution is 0.577. The number of rotatable bonds is 2. The smallest absolute Gasteiger partial charge is 0.184 e. The van der Waals surface area contributed by atoms with Crippen molar-refractivity contribution in [3.05, 3.63) is 34.9 Å². The van der Waals surface area contributed by atoms with E-state index in [2.05, 4.69) is 22.7 Å². The Bertz CT molecular complexity index is 418. The zero-order valence-corrected chi connectivity index (χ0v) is 8.74. The maximum Gasteiger partial charge on any atom is 0.184 e. The predicted octanol–water partition coefficient (Wildman–Crippen LogP) is 1.44. The third-order valence-electron chi connectivity index (χ3n) is 1.73. The molecule has 0 heterocycles. The van der Waals surface area contributed by atoms with Gasteiger partial charge in [0, 0.05) is 11.6 Å². The molecule has 1 rings (SSSR count). The van der Waals surface area contributed by atoms with Crippen LogP contribution in [-0.2, 0) is 0 Å². The Morgan fingerprint density at radius 2 is 2.20 bits per heavy atom. The van der Waals surface area contributed by atoms with E-state index in [1.165, 1.54) is 19.2 Å². The number of hydrogen-bond donors (Lipinski definition) is 2. The van der Waals surface area contributed by atoms with E-state index < -0.39 is 11.6 Å². The number of benzene rings is 1. The molecule has 0 saturated heterocycles. The summed E-state index contributed by atoms with van der Waals surface area (Å²) in [6.07, 6.45) is 1.25. The van der Waals surface area contributed by atoms with Crippen molar-refractivity contribution in [2.24, 2.45) is 10.8 Å². The topological polar surface area (TPSA) is 50.4 Å². The third kappa shape index (κ3) is 3.25. The molecule has 0 amide bonds. The van der Waals surface area contributed by atoms with Crippen molar-refractivity contribution < 1.29 is 8.78 Å². The molecule has 0 aliphatic rings. The predicted molar refractivity (Wildman–Crippen MR) is 58.6 cm³/mol. The highest BCUT2D eigenvalue weighted by molar-refractivity contribution is 7.80. The first-order valence-corrected chi connectivity index (χ1v) is 4.45. The Labute approximate surface area is 91.0 Å². The van der Waals surface area contributed by atoms with Crippen LogP contribution >= 0.6 is 12.2 Å². The van der Waals surface area contributed by atoms with Crippen LogP contribution in [0.2, 0.25) is 0 Å². The second-order valence-electron chi connectivity index (χ2n) is 2.84. The Hall–Kier alpha value is -1.56. The number of nitrogens with zero attached hydrogens (tertiary/aromatic N) is 1. The maximum absolute atomic E-state index is 13.1. The fourth-order valence-electron chi connectivity index (χ4n) is 0.965. The van der Waals surface area contributed by atoms with Crippen molar-refractivity contribution in [3.63, 3.8) is 0 Å². The number of thiocarbonyl (C=S) groups is 1. The van der Waals surface area contributed by atoms with Crippen LogP contribution < -0.4 is 11.2 Å². The highest BCUT2D eigenvalue weighted by Gasteiger charge is 2.04. The summed E-state index contributed by atoms with van der Waals surface area (Å²) in [5.74, 6) is -1.28. The minimum absolute atomic E-state index is 0.0132. The molecule has 3 N–H and O–H groups in total. The molecule has 0 unspecified atom stereocenters. The Kier molecular flexibility index (Phi) is 3.68. The molecule has 0 aliphatic carbocycles. The van der Waals surface area contributed by atoms with Gasteiger partial charge in [0.1, 0.15) is 11.6 Å². The van der Waals surface area contributed by atoms with E-state index in [-0.39, 0.29) is 5.11 Å². The number of nitrogens with two attached hydrogens (primary N) is 1. The second kappa shape index (κ2) is 4.79. The van der Waals surface area contributed by atoms with E-state index >= 15 is 0 Å². The first kappa shape index (κ1) is 11.5. The van der Waals surface area contributed by atoms with Crippen LogP contribution in [0.4, 0.5) is 8.78 Å². The van der Waals surface area contributed by atoms with E-state index in [9.17, 15) is 8.78 Å². The van der Waals surface area contributed by atoms with Crippen LogP contribution in [0.15, 0.2) is 17.2 Å². The molecule has 0 saturated carbocycles. The maximum atomic E-state index is 13.1. The fraction of sp³-hybridized carbons (Fsp3) is 0.111. The zero-order valence-electron chi connectivity index (χ0n) is 7.92. The van der Waals surface area contributed by atoms with Gasteiger partial charge in [-0.3, -0.25) is 5.43 Å². The molecule has 0 aliphatic heterocycles. The molecule has 0 fully saturated rings. The first-order chi connectivity index (χ1) is 7.00. The largest absolute Gasteiger partial charge is 0.375 e. The van der Waals surface area contributed by atoms with E-state index in [4.69, 9.17) is 5.73 Å². The SMILES string of the molecule is Cc1c(F)cc(F)cc1C=NNC(N)=S. The van der Waals surface area contributed by atoms with Gasteiger partial charge in [-0.25, -0.2) is 8.78 Å². The van der Waals surface area contributed by atoms with Crippen LogP contribution in [0.25, 0.3) is 0 Å². The van der Waals surface area contributed by atoms with Crippen LogP contribution in [-0.4, -0.2) is 11.3 Å². The third-order valence-corrected chi connectivity index (χ3v) is 1.82. The van der Waals surface area contributed by atoms with Crippen molar-refractivity contribution in [3.8, 4) is 0 Å². The van der Waals surface area contributed by atoms with E-state index in [0.29, 0.717) is 11.1 Å². The van der Waals surface area contributed by atoms with Gasteiger partial charge in [-0.1, -0.05) is 0 Å². The van der Waals surface area contributed by atoms with Gasteiger partial charge < -0.3 is 5.73 Å². The van der Waals surface area contributed by atoms with Gasteiger partial charge in [-0.2, -0.15) is 5.10 Å². The van der Waals surface area contributed by atoms with Gasteiger partial charge in [0.25, 0.3) is 0 Å². The monoisotopic (exact) mass is 229 g/mol. The van der Waals surface area contributed by atoms with Crippen molar-refractivity contribution in [1.29, 1.82) is 0 Å². The summed E-state index contributed by atoms with van der Waals surface area (Å²) in [4.78, 5) is 0. The summed E-state index contributed by atoms with van der Waals surface area (Å²) in [6, 6.07) is 1.98. The summed E-state index contributed by atoms with van der Waals surface area (Å²) in [7, 11) is 0. The molecule has 3 nitrogen and oxygen atoms in total. The lowest BCUT2D eigenvalue weighted by Gasteiger charge is -2.01. The van der Waals surface area contributed by atoms with E-state index in [0.717, 1.165) is 6.07 Å². The number of nitrogens with one attached hydrogen (secondary N) is 1. The Morgan fingerprint density at radius 1 is 1.53 bits per heavy atom. The highest BCUT2D eigenvalue weighted by atomic mass is 32.1. The average molecular weight is 229 g/mol. The first-order valence-electron chi connectivity index (χ1n) is 4.05. The molecular formula is C9H9F2N3S. The molecule has 0 spiro atoms. The van der Waals surface area contributed by atoms with Gasteiger partial charge >= 0.3 is 0 Å². The minimum Gasteiger partial charge on any atom is -0.375 e. The summed E-state index contributed by atoms with van der Waals surface area (Å²) >= 11 is 4.50. The summed E-state index contributed by atoms with van der Waals surface area (Å²) in [5.41, 5.74) is 8.05. The molecule has 80 valence electrons. The summed E-state index contributed by atoms with van der Waals surface area (Å²) in [6.45, 7) is 1.52. The number of halogens is 2.